The van der Waals surface area contributed by atoms with E-state index in [4.69, 9.17) is 10.3 Å². The molecular formula is C19H14N4O4. The van der Waals surface area contributed by atoms with Crippen molar-refractivity contribution in [3.05, 3.63) is 63.8 Å². The van der Waals surface area contributed by atoms with Crippen LogP contribution in [0.1, 0.15) is 29.4 Å². The zero-order valence-corrected chi connectivity index (χ0v) is 14.4. The molecular weight excluding hydrogens is 348 g/mol. The first-order chi connectivity index (χ1) is 13.0. The third-order valence-electron chi connectivity index (χ3n) is 4.05. The van der Waals surface area contributed by atoms with Crippen LogP contribution in [0.3, 0.4) is 0 Å². The zero-order valence-electron chi connectivity index (χ0n) is 14.4. The van der Waals surface area contributed by atoms with Crippen LogP contribution in [0.15, 0.2) is 47.2 Å². The van der Waals surface area contributed by atoms with Crippen LogP contribution in [0.2, 0.25) is 0 Å². The van der Waals surface area contributed by atoms with E-state index in [9.17, 15) is 14.4 Å². The molecule has 0 unspecified atom stereocenters. The number of hydrogen-bond donors (Lipinski definition) is 0. The van der Waals surface area contributed by atoms with E-state index in [2.05, 4.69) is 15.0 Å². The largest absolute Gasteiger partial charge is 0.466 e. The van der Waals surface area contributed by atoms with Crippen molar-refractivity contribution in [2.45, 2.75) is 13.3 Å². The monoisotopic (exact) mass is 362 g/mol. The molecule has 0 fully saturated rings. The van der Waals surface area contributed by atoms with Gasteiger partial charge in [0.15, 0.2) is 0 Å². The molecule has 1 aliphatic rings. The van der Waals surface area contributed by atoms with Crippen LogP contribution in [-0.2, 0) is 14.3 Å². The van der Waals surface area contributed by atoms with Crippen molar-refractivity contribution in [1.82, 2.24) is 4.98 Å². The Bertz CT molecular complexity index is 1040. The van der Waals surface area contributed by atoms with Crippen LogP contribution in [0.25, 0.3) is 27.6 Å². The summed E-state index contributed by atoms with van der Waals surface area (Å²) in [6, 6.07) is 8.61. The van der Waals surface area contributed by atoms with Crippen molar-refractivity contribution >= 4 is 29.3 Å². The number of carbonyl (C=O) groups excluding carboxylic acids is 3. The van der Waals surface area contributed by atoms with E-state index in [1.807, 2.05) is 0 Å². The first-order valence-electron chi connectivity index (χ1n) is 8.09. The van der Waals surface area contributed by atoms with E-state index in [-0.39, 0.29) is 24.3 Å². The summed E-state index contributed by atoms with van der Waals surface area (Å²) in [4.78, 5) is 42.6. The quantitative estimate of drug-likeness (QED) is 0.263. The minimum Gasteiger partial charge on any atom is -0.466 e. The van der Waals surface area contributed by atoms with Crippen molar-refractivity contribution < 1.29 is 19.1 Å². The molecule has 0 N–H and O–H groups in total. The van der Waals surface area contributed by atoms with Gasteiger partial charge in [-0.2, -0.15) is 0 Å². The summed E-state index contributed by atoms with van der Waals surface area (Å²) >= 11 is 0. The Morgan fingerprint density at radius 3 is 2.70 bits per heavy atom. The number of aromatic nitrogens is 1. The number of ether oxygens (including phenoxy) is 1. The topological polar surface area (TPSA) is 122 Å². The van der Waals surface area contributed by atoms with E-state index < -0.39 is 17.5 Å². The Hall–Kier alpha value is -3.77. The highest BCUT2D eigenvalue weighted by molar-refractivity contribution is 6.51. The minimum absolute atomic E-state index is 0.000425. The lowest BCUT2D eigenvalue weighted by molar-refractivity contribution is -0.141. The second-order valence-electron chi connectivity index (χ2n) is 5.75. The Morgan fingerprint density at radius 2 is 1.96 bits per heavy atom. The van der Waals surface area contributed by atoms with Crippen LogP contribution in [-0.4, -0.2) is 29.1 Å². The van der Waals surface area contributed by atoms with Gasteiger partial charge in [-0.05, 0) is 28.8 Å². The molecule has 2 aromatic rings. The number of pyridine rings is 1. The first-order valence-corrected chi connectivity index (χ1v) is 8.09. The van der Waals surface area contributed by atoms with Crippen molar-refractivity contribution in [3.8, 4) is 11.1 Å². The second-order valence-corrected chi connectivity index (χ2v) is 5.75. The van der Waals surface area contributed by atoms with Gasteiger partial charge in [-0.25, -0.2) is 0 Å². The van der Waals surface area contributed by atoms with Crippen LogP contribution in [0.4, 0.5) is 5.69 Å². The molecule has 27 heavy (non-hydrogen) atoms. The smallest absolute Gasteiger partial charge is 0.302 e. The van der Waals surface area contributed by atoms with Gasteiger partial charge >= 0.3 is 5.97 Å². The lowest BCUT2D eigenvalue weighted by Crippen LogP contribution is -2.24. The standard InChI is InChI=1S/C19H14N4O4/c1-11(24)27-9-7-12-10-15-13(6-8-21-17(15)19(26)18(12)25)14-4-2-3-5-16(14)22-23-20/h2-6,8,10H,7,9H2,1H3. The summed E-state index contributed by atoms with van der Waals surface area (Å²) in [6.07, 6.45) is 3.14. The van der Waals surface area contributed by atoms with E-state index >= 15 is 0 Å². The van der Waals surface area contributed by atoms with Crippen molar-refractivity contribution in [1.29, 1.82) is 0 Å². The molecule has 8 nitrogen and oxygen atoms in total. The van der Waals surface area contributed by atoms with E-state index in [0.29, 0.717) is 22.4 Å². The number of carbonyl (C=O) groups is 3. The molecule has 0 saturated heterocycles. The molecule has 1 aromatic heterocycles. The highest BCUT2D eigenvalue weighted by Crippen LogP contribution is 2.36. The summed E-state index contributed by atoms with van der Waals surface area (Å²) in [5.74, 6) is -1.84. The predicted octanol–water partition coefficient (Wildman–Crippen LogP) is 3.79. The highest BCUT2D eigenvalue weighted by Gasteiger charge is 2.30. The molecule has 0 saturated carbocycles. The number of azide groups is 1. The number of esters is 1. The maximum absolute atomic E-state index is 12.5. The number of Topliss-reactive ketones (excluding diaryl/α,β-unsaturated/α-hetero) is 2. The van der Waals surface area contributed by atoms with E-state index in [1.54, 1.807) is 36.4 Å². The molecule has 8 heteroatoms. The van der Waals surface area contributed by atoms with Crippen LogP contribution in [0, 0.1) is 0 Å². The number of ketones is 2. The molecule has 1 heterocycles. The van der Waals surface area contributed by atoms with Gasteiger partial charge in [-0.15, -0.1) is 0 Å². The van der Waals surface area contributed by atoms with Crippen LogP contribution in [0.5, 0.6) is 0 Å². The molecule has 0 bridgehead atoms. The molecule has 3 rings (SSSR count). The first kappa shape index (κ1) is 18.0. The van der Waals surface area contributed by atoms with E-state index in [1.165, 1.54) is 13.1 Å². The average molecular weight is 362 g/mol. The number of fused-ring (bicyclic) bond motifs is 1. The average Bonchev–Trinajstić information content (AvgIpc) is 2.66. The summed E-state index contributed by atoms with van der Waals surface area (Å²) < 4.78 is 4.87. The van der Waals surface area contributed by atoms with Gasteiger partial charge in [-0.1, -0.05) is 29.4 Å². The molecule has 0 spiro atoms. The van der Waals surface area contributed by atoms with Crippen molar-refractivity contribution in [3.63, 3.8) is 0 Å². The molecule has 0 atom stereocenters. The molecule has 0 aliphatic heterocycles. The van der Waals surface area contributed by atoms with E-state index in [0.717, 1.165) is 0 Å². The lowest BCUT2D eigenvalue weighted by atomic mass is 9.87. The van der Waals surface area contributed by atoms with Crippen LogP contribution < -0.4 is 0 Å². The van der Waals surface area contributed by atoms with Crippen molar-refractivity contribution in [2.24, 2.45) is 5.11 Å². The number of benzene rings is 1. The molecule has 1 aliphatic carbocycles. The maximum atomic E-state index is 12.5. The fraction of sp³-hybridized carbons (Fsp3) is 0.158. The van der Waals surface area contributed by atoms with Gasteiger partial charge in [0.1, 0.15) is 5.69 Å². The fourth-order valence-corrected chi connectivity index (χ4v) is 2.86. The van der Waals surface area contributed by atoms with Crippen molar-refractivity contribution in [2.75, 3.05) is 6.61 Å². The third-order valence-corrected chi connectivity index (χ3v) is 4.05. The van der Waals surface area contributed by atoms with Gasteiger partial charge < -0.3 is 4.74 Å². The third kappa shape index (κ3) is 3.61. The Morgan fingerprint density at radius 1 is 1.19 bits per heavy atom. The van der Waals surface area contributed by atoms with Gasteiger partial charge in [0.05, 0.1) is 6.61 Å². The summed E-state index contributed by atoms with van der Waals surface area (Å²) in [5, 5.41) is 3.68. The van der Waals surface area contributed by atoms with Gasteiger partial charge in [0.25, 0.3) is 5.78 Å². The Balaban J connectivity index is 2.12. The van der Waals surface area contributed by atoms with Crippen LogP contribution >= 0.6 is 0 Å². The van der Waals surface area contributed by atoms with Gasteiger partial charge in [0.2, 0.25) is 5.78 Å². The maximum Gasteiger partial charge on any atom is 0.302 e. The minimum atomic E-state index is -0.714. The Labute approximate surface area is 154 Å². The number of rotatable bonds is 5. The van der Waals surface area contributed by atoms with Gasteiger partial charge in [0, 0.05) is 41.3 Å². The normalized spacial score (nSPS) is 12.7. The summed E-state index contributed by atoms with van der Waals surface area (Å²) in [7, 11) is 0. The number of nitrogens with zero attached hydrogens (tertiary/aromatic N) is 4. The lowest BCUT2D eigenvalue weighted by Gasteiger charge is -2.17. The Kier molecular flexibility index (Phi) is 5.10. The molecule has 0 amide bonds. The summed E-state index contributed by atoms with van der Waals surface area (Å²) in [6.45, 7) is 1.27. The summed E-state index contributed by atoms with van der Waals surface area (Å²) in [5.41, 5.74) is 11.2. The second kappa shape index (κ2) is 7.63. The van der Waals surface area contributed by atoms with Gasteiger partial charge in [-0.3, -0.25) is 19.4 Å². The molecule has 134 valence electrons. The SMILES string of the molecule is CC(=O)OCCC1=Cc2c(-c3ccccc3N=[N+]=[N-])ccnc2C(=O)C1=O. The molecule has 1 aromatic carbocycles. The zero-order chi connectivity index (χ0) is 19.4. The predicted molar refractivity (Wildman–Crippen MR) is 97.0 cm³/mol. The fourth-order valence-electron chi connectivity index (χ4n) is 2.86. The highest BCUT2D eigenvalue weighted by atomic mass is 16.5. The molecule has 0 radical (unpaired) electrons. The number of hydrogen-bond acceptors (Lipinski definition) is 6.